The third-order valence-electron chi connectivity index (χ3n) is 7.19. The van der Waals surface area contributed by atoms with Crippen molar-refractivity contribution in [1.29, 1.82) is 0 Å². The first-order chi connectivity index (χ1) is 19.0. The quantitative estimate of drug-likeness (QED) is 0.320. The van der Waals surface area contributed by atoms with E-state index in [0.29, 0.717) is 25.4 Å². The van der Waals surface area contributed by atoms with Gasteiger partial charge in [-0.2, -0.15) is 0 Å². The van der Waals surface area contributed by atoms with E-state index in [9.17, 15) is 4.79 Å². The molecule has 4 aromatic rings. The normalized spacial score (nSPS) is 16.4. The van der Waals surface area contributed by atoms with Crippen LogP contribution in [-0.2, 0) is 24.2 Å². The van der Waals surface area contributed by atoms with E-state index < -0.39 is 0 Å². The zero-order chi connectivity index (χ0) is 26.8. The van der Waals surface area contributed by atoms with Crippen LogP contribution >= 0.6 is 0 Å². The SMILES string of the molecule is CN(C)Cc1cc(CNc2ccc3c(c2)Cc2cccc(C4CN(c5ccc[nH]c5=O)CCO4)c2O3)ccn1. The maximum atomic E-state index is 12.4. The van der Waals surface area contributed by atoms with Crippen molar-refractivity contribution in [2.24, 2.45) is 0 Å². The van der Waals surface area contributed by atoms with Crippen LogP contribution in [0.3, 0.4) is 0 Å². The molecule has 2 aromatic carbocycles. The number of benzene rings is 2. The van der Waals surface area contributed by atoms with Gasteiger partial charge in [-0.15, -0.1) is 0 Å². The number of ether oxygens (including phenoxy) is 2. The Kier molecular flexibility index (Phi) is 7.04. The zero-order valence-electron chi connectivity index (χ0n) is 22.3. The topological polar surface area (TPSA) is 82.7 Å². The van der Waals surface area contributed by atoms with Crippen LogP contribution in [0.2, 0.25) is 0 Å². The van der Waals surface area contributed by atoms with E-state index in [1.165, 1.54) is 5.56 Å². The van der Waals surface area contributed by atoms with Crippen LogP contribution in [0.1, 0.15) is 34.1 Å². The van der Waals surface area contributed by atoms with Crippen LogP contribution in [0.4, 0.5) is 11.4 Å². The lowest BCUT2D eigenvalue weighted by molar-refractivity contribution is 0.0383. The summed E-state index contributed by atoms with van der Waals surface area (Å²) in [6, 6.07) is 20.4. The lowest BCUT2D eigenvalue weighted by atomic mass is 9.95. The fourth-order valence-corrected chi connectivity index (χ4v) is 5.33. The summed E-state index contributed by atoms with van der Waals surface area (Å²) in [4.78, 5) is 23.8. The standard InChI is InChI=1S/C31H33N5O3/c1-35(2)19-25-15-21(10-12-32-25)18-34-24-8-9-28-23(17-24)16-22-5-3-6-26(30(22)39-28)29-20-36(13-14-38-29)27-7-4-11-33-31(27)37/h3-12,15,17,29,34H,13-14,16,18-20H2,1-2H3,(H,33,37). The van der Waals surface area contributed by atoms with E-state index in [2.05, 4.69) is 61.5 Å². The van der Waals surface area contributed by atoms with E-state index in [0.717, 1.165) is 59.1 Å². The van der Waals surface area contributed by atoms with Gasteiger partial charge in [0.2, 0.25) is 0 Å². The Morgan fingerprint density at radius 1 is 1.10 bits per heavy atom. The maximum Gasteiger partial charge on any atom is 0.271 e. The fourth-order valence-electron chi connectivity index (χ4n) is 5.33. The molecule has 1 saturated heterocycles. The summed E-state index contributed by atoms with van der Waals surface area (Å²) in [6.07, 6.45) is 4.13. The number of nitrogens with one attached hydrogen (secondary N) is 2. The van der Waals surface area contributed by atoms with Gasteiger partial charge in [0.1, 0.15) is 23.3 Å². The number of fused-ring (bicyclic) bond motifs is 2. The number of nitrogens with zero attached hydrogens (tertiary/aromatic N) is 3. The predicted octanol–water partition coefficient (Wildman–Crippen LogP) is 4.72. The lowest BCUT2D eigenvalue weighted by Crippen LogP contribution is -2.41. The lowest BCUT2D eigenvalue weighted by Gasteiger charge is -2.35. The molecule has 1 unspecified atom stereocenters. The Balaban J connectivity index is 1.17. The van der Waals surface area contributed by atoms with Crippen molar-refractivity contribution < 1.29 is 9.47 Å². The monoisotopic (exact) mass is 523 g/mol. The molecule has 0 bridgehead atoms. The second kappa shape index (κ2) is 10.9. The van der Waals surface area contributed by atoms with E-state index >= 15 is 0 Å². The highest BCUT2D eigenvalue weighted by atomic mass is 16.5. The molecule has 0 spiro atoms. The summed E-state index contributed by atoms with van der Waals surface area (Å²) in [5.74, 6) is 1.73. The molecule has 0 amide bonds. The second-order valence-electron chi connectivity index (χ2n) is 10.4. The molecular weight excluding hydrogens is 490 g/mol. The molecule has 6 rings (SSSR count). The van der Waals surface area contributed by atoms with Gasteiger partial charge in [-0.1, -0.05) is 18.2 Å². The predicted molar refractivity (Wildman–Crippen MR) is 153 cm³/mol. The van der Waals surface area contributed by atoms with Crippen LogP contribution in [0.25, 0.3) is 0 Å². The Hall–Kier alpha value is -4.14. The number of para-hydroxylation sites is 1. The number of aromatic amines is 1. The van der Waals surface area contributed by atoms with Crippen molar-refractivity contribution in [2.45, 2.75) is 25.6 Å². The average molecular weight is 524 g/mol. The number of aromatic nitrogens is 2. The number of morpholine rings is 1. The number of hydrogen-bond acceptors (Lipinski definition) is 7. The van der Waals surface area contributed by atoms with Crippen LogP contribution in [-0.4, -0.2) is 48.7 Å². The molecule has 0 aliphatic carbocycles. The van der Waals surface area contributed by atoms with Gasteiger partial charge in [0.15, 0.2) is 0 Å². The molecule has 2 aliphatic rings. The second-order valence-corrected chi connectivity index (χ2v) is 10.4. The molecule has 1 atom stereocenters. The highest BCUT2D eigenvalue weighted by Crippen LogP contribution is 2.43. The molecule has 2 N–H and O–H groups in total. The van der Waals surface area contributed by atoms with Crippen LogP contribution in [0.5, 0.6) is 11.5 Å². The highest BCUT2D eigenvalue weighted by molar-refractivity contribution is 5.59. The summed E-state index contributed by atoms with van der Waals surface area (Å²) >= 11 is 0. The van der Waals surface area contributed by atoms with Gasteiger partial charge < -0.3 is 29.6 Å². The minimum Gasteiger partial charge on any atom is -0.456 e. The molecule has 0 radical (unpaired) electrons. The molecule has 8 heteroatoms. The van der Waals surface area contributed by atoms with Gasteiger partial charge in [-0.25, -0.2) is 0 Å². The molecule has 1 fully saturated rings. The summed E-state index contributed by atoms with van der Waals surface area (Å²) in [6.45, 7) is 3.35. The first-order valence-corrected chi connectivity index (χ1v) is 13.3. The summed E-state index contributed by atoms with van der Waals surface area (Å²) in [7, 11) is 4.10. The Labute approximate surface area is 228 Å². The van der Waals surface area contributed by atoms with E-state index in [-0.39, 0.29) is 11.7 Å². The molecule has 200 valence electrons. The van der Waals surface area contributed by atoms with Gasteiger partial charge in [-0.05, 0) is 67.7 Å². The zero-order valence-corrected chi connectivity index (χ0v) is 22.3. The molecule has 2 aromatic heterocycles. The van der Waals surface area contributed by atoms with Gasteiger partial charge in [0.25, 0.3) is 5.56 Å². The summed E-state index contributed by atoms with van der Waals surface area (Å²) < 4.78 is 12.7. The van der Waals surface area contributed by atoms with Crippen molar-refractivity contribution in [3.63, 3.8) is 0 Å². The number of hydrogen-bond donors (Lipinski definition) is 2. The number of H-pyrrole nitrogens is 1. The van der Waals surface area contributed by atoms with Gasteiger partial charge >= 0.3 is 0 Å². The van der Waals surface area contributed by atoms with Crippen molar-refractivity contribution in [2.75, 3.05) is 44.0 Å². The molecule has 4 heterocycles. The summed E-state index contributed by atoms with van der Waals surface area (Å²) in [5, 5.41) is 3.55. The van der Waals surface area contributed by atoms with Crippen molar-refractivity contribution in [1.82, 2.24) is 14.9 Å². The largest absolute Gasteiger partial charge is 0.456 e. The average Bonchev–Trinajstić information content (AvgIpc) is 2.95. The molecular formula is C31H33N5O3. The molecule has 39 heavy (non-hydrogen) atoms. The van der Waals surface area contributed by atoms with Gasteiger partial charge in [-0.3, -0.25) is 9.78 Å². The molecule has 0 saturated carbocycles. The van der Waals surface area contributed by atoms with Crippen molar-refractivity contribution in [3.05, 3.63) is 111 Å². The number of anilines is 2. The van der Waals surface area contributed by atoms with Crippen molar-refractivity contribution >= 4 is 11.4 Å². The smallest absolute Gasteiger partial charge is 0.271 e. The third-order valence-corrected chi connectivity index (χ3v) is 7.19. The minimum absolute atomic E-state index is 0.0826. The third kappa shape index (κ3) is 5.53. The maximum absolute atomic E-state index is 12.4. The number of pyridine rings is 2. The summed E-state index contributed by atoms with van der Waals surface area (Å²) in [5.41, 5.74) is 7.21. The van der Waals surface area contributed by atoms with E-state index in [1.807, 2.05) is 44.6 Å². The van der Waals surface area contributed by atoms with Crippen molar-refractivity contribution in [3.8, 4) is 11.5 Å². The van der Waals surface area contributed by atoms with Crippen LogP contribution in [0.15, 0.2) is 77.9 Å². The Bertz CT molecular complexity index is 1530. The number of rotatable bonds is 7. The first kappa shape index (κ1) is 25.2. The Morgan fingerprint density at radius 3 is 2.90 bits per heavy atom. The van der Waals surface area contributed by atoms with E-state index in [1.54, 1.807) is 6.20 Å². The highest BCUT2D eigenvalue weighted by Gasteiger charge is 2.29. The molecule has 2 aliphatic heterocycles. The van der Waals surface area contributed by atoms with Gasteiger partial charge in [0.05, 0.1) is 12.3 Å². The Morgan fingerprint density at radius 2 is 2.03 bits per heavy atom. The van der Waals surface area contributed by atoms with Gasteiger partial charge in [0, 0.05) is 61.8 Å². The van der Waals surface area contributed by atoms with Crippen LogP contribution in [0, 0.1) is 0 Å². The van der Waals surface area contributed by atoms with E-state index in [4.69, 9.17) is 9.47 Å². The molecule has 8 nitrogen and oxygen atoms in total. The minimum atomic E-state index is -0.187. The fraction of sp³-hybridized carbons (Fsp3) is 0.290. The van der Waals surface area contributed by atoms with Crippen LogP contribution < -0.4 is 20.5 Å². The first-order valence-electron chi connectivity index (χ1n) is 13.3.